The lowest BCUT2D eigenvalue weighted by Gasteiger charge is -2.44. The van der Waals surface area contributed by atoms with E-state index in [9.17, 15) is 0 Å². The summed E-state index contributed by atoms with van der Waals surface area (Å²) in [7, 11) is 0. The summed E-state index contributed by atoms with van der Waals surface area (Å²) in [5.41, 5.74) is 3.02. The number of nitrogens with zero attached hydrogens (tertiary/aromatic N) is 8. The molecule has 0 N–H and O–H groups in total. The number of imidazole rings is 1. The fourth-order valence-corrected chi connectivity index (χ4v) is 5.87. The van der Waals surface area contributed by atoms with Gasteiger partial charge in [-0.1, -0.05) is 29.3 Å². The molecule has 0 bridgehead atoms. The molecule has 0 unspecified atom stereocenters. The van der Waals surface area contributed by atoms with Crippen LogP contribution in [0.2, 0.25) is 10.0 Å². The Hall–Kier alpha value is -2.46. The zero-order valence-electron chi connectivity index (χ0n) is 20.7. The largest absolute Gasteiger partial charge is 0.376 e. The van der Waals surface area contributed by atoms with Crippen LogP contribution < -0.4 is 4.90 Å². The zero-order chi connectivity index (χ0) is 25.0. The Kier molecular flexibility index (Phi) is 6.27. The van der Waals surface area contributed by atoms with Crippen LogP contribution >= 0.6 is 23.2 Å². The van der Waals surface area contributed by atoms with Gasteiger partial charge in [0.05, 0.1) is 22.7 Å². The van der Waals surface area contributed by atoms with Gasteiger partial charge in [0.25, 0.3) is 5.78 Å². The van der Waals surface area contributed by atoms with Gasteiger partial charge in [-0.05, 0) is 51.3 Å². The summed E-state index contributed by atoms with van der Waals surface area (Å²) >= 11 is 12.4. The van der Waals surface area contributed by atoms with Gasteiger partial charge < -0.3 is 14.2 Å². The van der Waals surface area contributed by atoms with E-state index in [-0.39, 0.29) is 12.1 Å². The number of hydrogen-bond donors (Lipinski definition) is 0. The molecule has 5 heterocycles. The third-order valence-corrected chi connectivity index (χ3v) is 8.21. The number of rotatable bonds is 5. The molecule has 11 heteroatoms. The van der Waals surface area contributed by atoms with Crippen LogP contribution in [0.3, 0.4) is 0 Å². The van der Waals surface area contributed by atoms with Crippen molar-refractivity contribution >= 4 is 46.0 Å². The van der Waals surface area contributed by atoms with Crippen LogP contribution in [0, 0.1) is 6.92 Å². The van der Waals surface area contributed by atoms with E-state index in [1.807, 2.05) is 22.6 Å². The number of benzene rings is 1. The second-order valence-corrected chi connectivity index (χ2v) is 10.9. The van der Waals surface area contributed by atoms with Crippen molar-refractivity contribution in [3.63, 3.8) is 0 Å². The Bertz CT molecular complexity index is 1410. The molecule has 2 fully saturated rings. The van der Waals surface area contributed by atoms with Crippen molar-refractivity contribution < 1.29 is 4.74 Å². The number of aromatic nitrogens is 6. The number of piperazine rings is 1. The monoisotopic (exact) mass is 528 g/mol. The zero-order valence-corrected chi connectivity index (χ0v) is 22.2. The molecule has 36 heavy (non-hydrogen) atoms. The summed E-state index contributed by atoms with van der Waals surface area (Å²) < 4.78 is 10.1. The van der Waals surface area contributed by atoms with E-state index in [0.717, 1.165) is 74.0 Å². The van der Waals surface area contributed by atoms with Gasteiger partial charge in [-0.2, -0.15) is 4.98 Å². The molecule has 0 radical (unpaired) electrons. The van der Waals surface area contributed by atoms with E-state index in [1.54, 1.807) is 6.33 Å². The highest BCUT2D eigenvalue weighted by atomic mass is 35.5. The van der Waals surface area contributed by atoms with Gasteiger partial charge in [0.15, 0.2) is 11.5 Å². The minimum atomic E-state index is 0.202. The van der Waals surface area contributed by atoms with Gasteiger partial charge in [0.2, 0.25) is 0 Å². The van der Waals surface area contributed by atoms with Crippen molar-refractivity contribution in [3.8, 4) is 0 Å². The standard InChI is InChI=1S/C25H30Cl2N8O/c1-15-11-33(16(2)10-32(15)12-18-6-7-20(26)21(27)9-18)23-22-24(35-14-28-31-25(35)30-23)34(17(3)29-22)13-19-5-4-8-36-19/h6-7,9,14-16,19H,4-5,8,10-13H2,1-3H3/t15-,16+,19+/m1/s1. The van der Waals surface area contributed by atoms with E-state index >= 15 is 0 Å². The Morgan fingerprint density at radius 2 is 1.94 bits per heavy atom. The van der Waals surface area contributed by atoms with Crippen LogP contribution in [0.1, 0.15) is 38.1 Å². The second kappa shape index (κ2) is 9.45. The van der Waals surface area contributed by atoms with Crippen molar-refractivity contribution in [2.24, 2.45) is 0 Å². The number of fused-ring (bicyclic) bond motifs is 3. The maximum absolute atomic E-state index is 6.26. The minimum Gasteiger partial charge on any atom is -0.376 e. The highest BCUT2D eigenvalue weighted by molar-refractivity contribution is 6.42. The van der Waals surface area contributed by atoms with Crippen molar-refractivity contribution in [2.45, 2.75) is 64.9 Å². The predicted octanol–water partition coefficient (Wildman–Crippen LogP) is 4.37. The van der Waals surface area contributed by atoms with Crippen LogP contribution in [0.15, 0.2) is 24.5 Å². The van der Waals surface area contributed by atoms with Gasteiger partial charge in [0, 0.05) is 38.3 Å². The number of hydrogen-bond acceptors (Lipinski definition) is 7. The Morgan fingerprint density at radius 1 is 1.08 bits per heavy atom. The average molecular weight is 529 g/mol. The predicted molar refractivity (Wildman–Crippen MR) is 141 cm³/mol. The Labute approximate surface area is 220 Å². The molecule has 3 atom stereocenters. The maximum Gasteiger partial charge on any atom is 0.258 e. The fourth-order valence-electron chi connectivity index (χ4n) is 5.55. The molecule has 0 spiro atoms. The quantitative estimate of drug-likeness (QED) is 0.380. The topological polar surface area (TPSA) is 76.6 Å². The first kappa shape index (κ1) is 23.9. The summed E-state index contributed by atoms with van der Waals surface area (Å²) in [5, 5.41) is 9.64. The minimum absolute atomic E-state index is 0.202. The second-order valence-electron chi connectivity index (χ2n) is 10.0. The van der Waals surface area contributed by atoms with Gasteiger partial charge in [0.1, 0.15) is 17.7 Å². The smallest absolute Gasteiger partial charge is 0.258 e. The molecule has 0 saturated carbocycles. The maximum atomic E-state index is 6.26. The lowest BCUT2D eigenvalue weighted by Crippen LogP contribution is -2.56. The molecule has 0 aliphatic carbocycles. The van der Waals surface area contributed by atoms with Crippen LogP contribution in [-0.4, -0.2) is 71.9 Å². The molecule has 6 rings (SSSR count). The van der Waals surface area contributed by atoms with Crippen LogP contribution in [-0.2, 0) is 17.8 Å². The van der Waals surface area contributed by atoms with Crippen LogP contribution in [0.25, 0.3) is 16.9 Å². The lowest BCUT2D eigenvalue weighted by atomic mass is 10.1. The molecule has 190 valence electrons. The molecule has 2 aliphatic heterocycles. The van der Waals surface area contributed by atoms with Crippen molar-refractivity contribution in [3.05, 3.63) is 46.0 Å². The van der Waals surface area contributed by atoms with Gasteiger partial charge in [-0.3, -0.25) is 4.90 Å². The SMILES string of the molecule is Cc1nc2c(N3C[C@@H](C)N(Cc4ccc(Cl)c(Cl)c4)C[C@@H]3C)nc3nncn3c2n1C[C@@H]1CCCO1. The highest BCUT2D eigenvalue weighted by Crippen LogP contribution is 2.32. The van der Waals surface area contributed by atoms with Gasteiger partial charge in [-0.25, -0.2) is 9.38 Å². The molecule has 0 amide bonds. The van der Waals surface area contributed by atoms with E-state index in [0.29, 0.717) is 21.9 Å². The Balaban J connectivity index is 1.33. The summed E-state index contributed by atoms with van der Waals surface area (Å²) in [6, 6.07) is 6.41. The highest BCUT2D eigenvalue weighted by Gasteiger charge is 2.33. The number of halogens is 2. The van der Waals surface area contributed by atoms with E-state index in [1.165, 1.54) is 0 Å². The van der Waals surface area contributed by atoms with Gasteiger partial charge in [-0.15, -0.1) is 10.2 Å². The van der Waals surface area contributed by atoms with Crippen molar-refractivity contribution in [2.75, 3.05) is 24.6 Å². The lowest BCUT2D eigenvalue weighted by molar-refractivity contribution is 0.0972. The first-order chi connectivity index (χ1) is 17.4. The molecule has 9 nitrogen and oxygen atoms in total. The third-order valence-electron chi connectivity index (χ3n) is 7.47. The molecular weight excluding hydrogens is 499 g/mol. The molecule has 3 aromatic heterocycles. The fraction of sp³-hybridized carbons (Fsp3) is 0.520. The van der Waals surface area contributed by atoms with Crippen LogP contribution in [0.5, 0.6) is 0 Å². The van der Waals surface area contributed by atoms with Crippen LogP contribution in [0.4, 0.5) is 5.82 Å². The molecule has 4 aromatic rings. The van der Waals surface area contributed by atoms with Crippen molar-refractivity contribution in [1.29, 1.82) is 0 Å². The molecule has 2 saturated heterocycles. The summed E-state index contributed by atoms with van der Waals surface area (Å²) in [6.45, 7) is 10.7. The molecule has 2 aliphatic rings. The summed E-state index contributed by atoms with van der Waals surface area (Å²) in [6.07, 6.45) is 4.10. The number of ether oxygens (including phenoxy) is 1. The number of aryl methyl sites for hydroxylation is 1. The van der Waals surface area contributed by atoms with E-state index < -0.39 is 0 Å². The van der Waals surface area contributed by atoms with E-state index in [4.69, 9.17) is 37.9 Å². The summed E-state index contributed by atoms with van der Waals surface area (Å²) in [4.78, 5) is 14.8. The third kappa shape index (κ3) is 4.22. The Morgan fingerprint density at radius 3 is 2.72 bits per heavy atom. The average Bonchev–Trinajstić information content (AvgIpc) is 3.59. The van der Waals surface area contributed by atoms with Crippen molar-refractivity contribution in [1.82, 2.24) is 34.0 Å². The normalized spacial score (nSPS) is 23.4. The molecular formula is C25H30Cl2N8O. The summed E-state index contributed by atoms with van der Waals surface area (Å²) in [5.74, 6) is 2.40. The van der Waals surface area contributed by atoms with E-state index in [2.05, 4.69) is 45.3 Å². The first-order valence-electron chi connectivity index (χ1n) is 12.5. The number of anilines is 1. The first-order valence-corrected chi connectivity index (χ1v) is 13.3. The molecule has 1 aromatic carbocycles. The van der Waals surface area contributed by atoms with Gasteiger partial charge >= 0.3 is 0 Å².